The molecule has 0 N–H and O–H groups in total. The van der Waals surface area contributed by atoms with Crippen molar-refractivity contribution in [2.75, 3.05) is 24.4 Å². The number of thioether (sulfide) groups is 7. The van der Waals surface area contributed by atoms with Crippen LogP contribution in [0.2, 0.25) is 0 Å². The van der Waals surface area contributed by atoms with Gasteiger partial charge in [-0.05, 0) is 12.2 Å². The van der Waals surface area contributed by atoms with Crippen LogP contribution in [0.15, 0.2) is 31.1 Å². The summed E-state index contributed by atoms with van der Waals surface area (Å²) in [5.74, 6) is 3.87. The standard InChI is InChI=1S/C15H17NOS7/c1-7(2)8-6-17-10(16-8)9-11(18-3)22-14(21-9)15-23-12-13(24-15)20-5-4-19-12/h7-8H,4-6H2,1-3H3/t8-/m0/s1. The summed E-state index contributed by atoms with van der Waals surface area (Å²) in [5, 5.41) is 0. The molecule has 0 aromatic carbocycles. The highest BCUT2D eigenvalue weighted by molar-refractivity contribution is 8.43. The molecule has 0 radical (unpaired) electrons. The van der Waals surface area contributed by atoms with E-state index in [4.69, 9.17) is 9.73 Å². The first-order chi connectivity index (χ1) is 11.7. The molecule has 4 aliphatic heterocycles. The number of hydrogen-bond acceptors (Lipinski definition) is 9. The fraction of sp³-hybridized carbons (Fsp3) is 0.533. The first-order valence-electron chi connectivity index (χ1n) is 7.60. The van der Waals surface area contributed by atoms with Crippen LogP contribution in [0.3, 0.4) is 0 Å². The Morgan fingerprint density at radius 2 is 1.67 bits per heavy atom. The van der Waals surface area contributed by atoms with E-state index in [1.807, 2.05) is 82.3 Å². The van der Waals surface area contributed by atoms with Gasteiger partial charge in [-0.3, -0.25) is 0 Å². The third-order valence-corrected chi connectivity index (χ3v) is 13.8. The van der Waals surface area contributed by atoms with Gasteiger partial charge in [0.25, 0.3) is 0 Å². The van der Waals surface area contributed by atoms with Gasteiger partial charge in [0.05, 0.1) is 32.1 Å². The van der Waals surface area contributed by atoms with Crippen LogP contribution in [-0.2, 0) is 4.74 Å². The Morgan fingerprint density at radius 3 is 2.25 bits per heavy atom. The number of ether oxygens (including phenoxy) is 1. The highest BCUT2D eigenvalue weighted by Crippen LogP contribution is 2.65. The van der Waals surface area contributed by atoms with Gasteiger partial charge >= 0.3 is 0 Å². The molecule has 4 rings (SSSR count). The lowest BCUT2D eigenvalue weighted by Gasteiger charge is -2.08. The van der Waals surface area contributed by atoms with E-state index in [0.717, 1.165) is 12.5 Å². The second-order valence-corrected chi connectivity index (χ2v) is 14.0. The van der Waals surface area contributed by atoms with Crippen molar-refractivity contribution in [3.8, 4) is 0 Å². The lowest BCUT2D eigenvalue weighted by molar-refractivity contribution is 0.292. The van der Waals surface area contributed by atoms with Gasteiger partial charge in [0, 0.05) is 11.5 Å². The van der Waals surface area contributed by atoms with Crippen molar-refractivity contribution < 1.29 is 4.74 Å². The summed E-state index contributed by atoms with van der Waals surface area (Å²) in [4.78, 5) is 6.06. The SMILES string of the molecule is CSC1=C(C2=N[C@H](C(C)C)CO2)SC(=C2SC3=C(SCCS3)S2)S1. The smallest absolute Gasteiger partial charge is 0.225 e. The molecule has 1 atom stereocenters. The molecule has 0 amide bonds. The molecule has 2 nitrogen and oxygen atoms in total. The van der Waals surface area contributed by atoms with E-state index in [-0.39, 0.29) is 0 Å². The molecule has 0 aliphatic carbocycles. The lowest BCUT2D eigenvalue weighted by Crippen LogP contribution is -2.13. The maximum Gasteiger partial charge on any atom is 0.225 e. The maximum absolute atomic E-state index is 5.94. The van der Waals surface area contributed by atoms with Gasteiger partial charge in [-0.15, -0.1) is 35.3 Å². The first kappa shape index (κ1) is 18.5. The second kappa shape index (κ2) is 8.02. The molecule has 0 fully saturated rings. The van der Waals surface area contributed by atoms with Crippen LogP contribution in [0.25, 0.3) is 0 Å². The Morgan fingerprint density at radius 1 is 1.00 bits per heavy atom. The van der Waals surface area contributed by atoms with Crippen LogP contribution in [-0.4, -0.2) is 36.3 Å². The molecule has 0 saturated heterocycles. The summed E-state index contributed by atoms with van der Waals surface area (Å²) in [6, 6.07) is 0.301. The minimum atomic E-state index is 0.301. The fourth-order valence-electron chi connectivity index (χ4n) is 2.29. The molecular formula is C15H17NOS7. The van der Waals surface area contributed by atoms with Crippen LogP contribution < -0.4 is 0 Å². The van der Waals surface area contributed by atoms with E-state index in [0.29, 0.717) is 12.0 Å². The van der Waals surface area contributed by atoms with Crippen LogP contribution >= 0.6 is 82.3 Å². The van der Waals surface area contributed by atoms with Crippen molar-refractivity contribution in [3.63, 3.8) is 0 Å². The molecular weight excluding hydrogens is 435 g/mol. The molecule has 9 heteroatoms. The topological polar surface area (TPSA) is 21.6 Å². The van der Waals surface area contributed by atoms with Crippen LogP contribution in [0.4, 0.5) is 0 Å². The van der Waals surface area contributed by atoms with Gasteiger partial charge in [0.15, 0.2) is 0 Å². The lowest BCUT2D eigenvalue weighted by atomic mass is 10.1. The maximum atomic E-state index is 5.94. The third kappa shape index (κ3) is 3.73. The molecule has 0 unspecified atom stereocenters. The summed E-state index contributed by atoms with van der Waals surface area (Å²) in [7, 11) is 0. The molecule has 0 saturated carbocycles. The summed E-state index contributed by atoms with van der Waals surface area (Å²) < 4.78 is 13.1. The highest BCUT2D eigenvalue weighted by Gasteiger charge is 2.35. The third-order valence-electron chi connectivity index (χ3n) is 3.64. The largest absolute Gasteiger partial charge is 0.475 e. The van der Waals surface area contributed by atoms with E-state index in [9.17, 15) is 0 Å². The number of rotatable bonds is 3. The molecule has 4 heterocycles. The van der Waals surface area contributed by atoms with Crippen LogP contribution in [0.5, 0.6) is 0 Å². The average molecular weight is 452 g/mol. The van der Waals surface area contributed by atoms with Gasteiger partial charge in [0.1, 0.15) is 6.61 Å². The summed E-state index contributed by atoms with van der Waals surface area (Å²) in [6.07, 6.45) is 2.15. The molecule has 0 bridgehead atoms. The van der Waals surface area contributed by atoms with Gasteiger partial charge < -0.3 is 4.74 Å². The monoisotopic (exact) mass is 451 g/mol. The second-order valence-electron chi connectivity index (χ2n) is 5.63. The van der Waals surface area contributed by atoms with Gasteiger partial charge in [-0.25, -0.2) is 4.99 Å². The van der Waals surface area contributed by atoms with Crippen molar-refractivity contribution in [3.05, 3.63) is 26.1 Å². The van der Waals surface area contributed by atoms with Gasteiger partial charge in [-0.2, -0.15) is 0 Å². The Hall–Kier alpha value is 1.14. The van der Waals surface area contributed by atoms with Crippen molar-refractivity contribution in [1.82, 2.24) is 0 Å². The Bertz CT molecular complexity index is 659. The molecule has 4 aliphatic rings. The average Bonchev–Trinajstić information content (AvgIpc) is 3.30. The van der Waals surface area contributed by atoms with Crippen LogP contribution in [0.1, 0.15) is 13.8 Å². The van der Waals surface area contributed by atoms with Crippen molar-refractivity contribution in [1.29, 1.82) is 0 Å². The van der Waals surface area contributed by atoms with E-state index >= 15 is 0 Å². The number of hydrogen-bond donors (Lipinski definition) is 0. The van der Waals surface area contributed by atoms with Crippen molar-refractivity contribution >= 4 is 88.2 Å². The number of nitrogens with zero attached hydrogens (tertiary/aromatic N) is 1. The molecule has 0 spiro atoms. The predicted octanol–water partition coefficient (Wildman–Crippen LogP) is 6.67. The molecule has 0 aromatic rings. The molecule has 24 heavy (non-hydrogen) atoms. The normalized spacial score (nSPS) is 27.3. The Balaban J connectivity index is 1.53. The summed E-state index contributed by atoms with van der Waals surface area (Å²) in [5.41, 5.74) is 0. The van der Waals surface area contributed by atoms with E-state index in [2.05, 4.69) is 20.1 Å². The van der Waals surface area contributed by atoms with Crippen molar-refractivity contribution in [2.45, 2.75) is 19.9 Å². The van der Waals surface area contributed by atoms with Gasteiger partial charge in [0.2, 0.25) is 5.90 Å². The molecule has 130 valence electrons. The molecule has 0 aromatic heterocycles. The number of aliphatic imine (C=N–C) groups is 1. The fourth-order valence-corrected chi connectivity index (χ4v) is 12.2. The zero-order chi connectivity index (χ0) is 16.7. The minimum absolute atomic E-state index is 0.301. The summed E-state index contributed by atoms with van der Waals surface area (Å²) >= 11 is 13.5. The Kier molecular flexibility index (Phi) is 6.18. The van der Waals surface area contributed by atoms with Gasteiger partial charge in [-0.1, -0.05) is 60.9 Å². The van der Waals surface area contributed by atoms with Crippen LogP contribution in [0, 0.1) is 5.92 Å². The first-order valence-corrected chi connectivity index (χ1v) is 14.1. The Labute approximate surface area is 173 Å². The quantitative estimate of drug-likeness (QED) is 0.468. The summed E-state index contributed by atoms with van der Waals surface area (Å²) in [6.45, 7) is 5.15. The minimum Gasteiger partial charge on any atom is -0.475 e. The van der Waals surface area contributed by atoms with E-state index in [1.54, 1.807) is 0 Å². The predicted molar refractivity (Wildman–Crippen MR) is 122 cm³/mol. The highest BCUT2D eigenvalue weighted by atomic mass is 32.3. The zero-order valence-corrected chi connectivity index (χ0v) is 19.2. The van der Waals surface area contributed by atoms with E-state index in [1.165, 1.54) is 37.6 Å². The zero-order valence-electron chi connectivity index (χ0n) is 13.5. The van der Waals surface area contributed by atoms with E-state index < -0.39 is 0 Å². The van der Waals surface area contributed by atoms with Crippen molar-refractivity contribution in [2.24, 2.45) is 10.9 Å².